The Hall–Kier alpha value is -2.69. The molecule has 0 saturated carbocycles. The maximum Gasteiger partial charge on any atom is 0.252 e. The Morgan fingerprint density at radius 2 is 1.81 bits per heavy atom. The van der Waals surface area contributed by atoms with Gasteiger partial charge in [-0.2, -0.15) is 4.21 Å². The lowest BCUT2D eigenvalue weighted by Gasteiger charge is -2.05. The molecule has 136 valence electrons. The van der Waals surface area contributed by atoms with Crippen LogP contribution in [0.15, 0.2) is 42.5 Å². The quantitative estimate of drug-likeness (QED) is 0.506. The Morgan fingerprint density at radius 1 is 1.15 bits per heavy atom. The van der Waals surface area contributed by atoms with Crippen molar-refractivity contribution < 1.29 is 27.9 Å². The number of hydrogen-bond donors (Lipinski definition) is 1. The van der Waals surface area contributed by atoms with Crippen LogP contribution in [-0.4, -0.2) is 28.8 Å². The fourth-order valence-corrected chi connectivity index (χ4v) is 2.79. The second-order valence-corrected chi connectivity index (χ2v) is 5.78. The van der Waals surface area contributed by atoms with Crippen LogP contribution in [0.4, 0.5) is 9.52 Å². The van der Waals surface area contributed by atoms with Gasteiger partial charge in [0, 0.05) is 13.2 Å². The van der Waals surface area contributed by atoms with Crippen molar-refractivity contribution in [2.45, 2.75) is 0 Å². The molecule has 26 heavy (non-hydrogen) atoms. The lowest BCUT2D eigenvalue weighted by atomic mass is 10.3. The van der Waals surface area contributed by atoms with Crippen LogP contribution in [0.3, 0.4) is 0 Å². The molecule has 0 aliphatic carbocycles. The number of ether oxygens (including phenoxy) is 1. The van der Waals surface area contributed by atoms with Crippen LogP contribution in [0.1, 0.15) is 0 Å². The number of carbonyl (C=O) groups is 1. The van der Waals surface area contributed by atoms with Crippen LogP contribution in [-0.2, 0) is 22.1 Å². The minimum Gasteiger partial charge on any atom is -0.375 e. The molecule has 0 fully saturated rings. The fourth-order valence-electron chi connectivity index (χ4n) is 1.88. The molecule has 1 amide bonds. The molecule has 0 atom stereocenters. The molecule has 1 heterocycles. The highest BCUT2D eigenvalue weighted by Crippen LogP contribution is 2.29. The molecule has 3 aromatic rings. The first-order chi connectivity index (χ1) is 12.6. The molecule has 0 aliphatic heterocycles. The topological polar surface area (TPSA) is 86.8 Å². The number of thiazole rings is 1. The van der Waals surface area contributed by atoms with Crippen molar-refractivity contribution in [2.24, 2.45) is 0 Å². The number of hydrogen-bond acceptors (Lipinski definition) is 8. The van der Waals surface area contributed by atoms with Crippen molar-refractivity contribution in [3.63, 3.8) is 0 Å². The molecule has 0 radical (unpaired) electrons. The second-order valence-electron chi connectivity index (χ2n) is 4.75. The summed E-state index contributed by atoms with van der Waals surface area (Å²) in [5.74, 6) is 0.225. The molecule has 1 aromatic heterocycles. The van der Waals surface area contributed by atoms with Gasteiger partial charge in [0.05, 0.1) is 10.2 Å². The number of nitrogens with one attached hydrogen (secondary N) is 1. The van der Waals surface area contributed by atoms with Gasteiger partial charge >= 0.3 is 0 Å². The third-order valence-electron chi connectivity index (χ3n) is 2.93. The number of aromatic nitrogens is 1. The molecule has 3 rings (SSSR count). The van der Waals surface area contributed by atoms with E-state index in [2.05, 4.69) is 22.8 Å². The zero-order valence-corrected chi connectivity index (χ0v) is 15.1. The summed E-state index contributed by atoms with van der Waals surface area (Å²) in [4.78, 5) is 26.1. The van der Waals surface area contributed by atoms with Gasteiger partial charge in [-0.25, -0.2) is 9.37 Å². The number of methoxy groups -OCH3 is 1. The van der Waals surface area contributed by atoms with Crippen molar-refractivity contribution in [3.8, 4) is 11.5 Å². The summed E-state index contributed by atoms with van der Waals surface area (Å²) >= 11 is 4.14. The summed E-state index contributed by atoms with van der Waals surface area (Å²) in [5, 5.41) is 3.13. The Kier molecular flexibility index (Phi) is 7.33. The molecule has 0 saturated heterocycles. The smallest absolute Gasteiger partial charge is 0.252 e. The van der Waals surface area contributed by atoms with Gasteiger partial charge in [0.2, 0.25) is 0 Å². The zero-order valence-electron chi connectivity index (χ0n) is 13.4. The van der Waals surface area contributed by atoms with Crippen molar-refractivity contribution >= 4 is 45.1 Å². The van der Waals surface area contributed by atoms with Gasteiger partial charge in [-0.1, -0.05) is 11.3 Å². The average molecular weight is 396 g/mol. The van der Waals surface area contributed by atoms with E-state index in [1.165, 1.54) is 42.7 Å². The molecule has 1 N–H and O–H groups in total. The number of carbonyl (C=O) groups excluding carboxylic acids is 1. The van der Waals surface area contributed by atoms with Crippen molar-refractivity contribution in [2.75, 3.05) is 19.0 Å². The molecule has 0 aliphatic rings. The molecule has 2 aromatic carbocycles. The number of halogens is 1. The van der Waals surface area contributed by atoms with Gasteiger partial charge in [0.1, 0.15) is 12.4 Å². The van der Waals surface area contributed by atoms with E-state index in [9.17, 15) is 9.18 Å². The minimum atomic E-state index is -0.350. The van der Waals surface area contributed by atoms with E-state index in [0.29, 0.717) is 16.6 Å². The summed E-state index contributed by atoms with van der Waals surface area (Å²) < 4.78 is 26.2. The van der Waals surface area contributed by atoms with Gasteiger partial charge < -0.3 is 4.74 Å². The van der Waals surface area contributed by atoms with Gasteiger partial charge in [0.15, 0.2) is 29.2 Å². The monoisotopic (exact) mass is 396 g/mol. The van der Waals surface area contributed by atoms with E-state index in [0.717, 1.165) is 10.2 Å². The van der Waals surface area contributed by atoms with E-state index in [1.54, 1.807) is 18.2 Å². The summed E-state index contributed by atoms with van der Waals surface area (Å²) in [7, 11) is 1.45. The third-order valence-corrected chi connectivity index (χ3v) is 3.86. The Morgan fingerprint density at radius 3 is 2.50 bits per heavy atom. The molecule has 7 nitrogen and oxygen atoms in total. The van der Waals surface area contributed by atoms with Gasteiger partial charge in [-0.05, 0) is 36.4 Å². The number of amides is 1. The number of anilines is 1. The fraction of sp³-hybridized carbons (Fsp3) is 0.125. The molecule has 0 spiro atoms. The minimum absolute atomic E-state index is 0.0319. The second kappa shape index (κ2) is 9.70. The van der Waals surface area contributed by atoms with Crippen molar-refractivity contribution in [1.82, 2.24) is 4.98 Å². The van der Waals surface area contributed by atoms with Gasteiger partial charge in [-0.15, -0.1) is 0 Å². The van der Waals surface area contributed by atoms with E-state index in [4.69, 9.17) is 18.7 Å². The first kappa shape index (κ1) is 19.6. The van der Waals surface area contributed by atoms with E-state index in [-0.39, 0.29) is 18.3 Å². The van der Waals surface area contributed by atoms with Crippen LogP contribution in [0, 0.1) is 5.82 Å². The summed E-state index contributed by atoms with van der Waals surface area (Å²) in [6.45, 7) is -0.0319. The SMILES string of the molecule is COCC(=O)Nc1nc2ccc(OOc3ccc(F)cc3)cc2s1.O=S. The number of fused-ring (bicyclic) bond motifs is 1. The molecule has 0 bridgehead atoms. The highest BCUT2D eigenvalue weighted by Gasteiger charge is 2.09. The Bertz CT molecular complexity index is 873. The highest BCUT2D eigenvalue weighted by molar-refractivity contribution is 7.44. The summed E-state index contributed by atoms with van der Waals surface area (Å²) in [6, 6.07) is 10.7. The number of benzene rings is 2. The predicted octanol–water partition coefficient (Wildman–Crippen LogP) is 3.06. The van der Waals surface area contributed by atoms with Crippen LogP contribution >= 0.6 is 11.3 Å². The summed E-state index contributed by atoms with van der Waals surface area (Å²) in [6.07, 6.45) is 0. The first-order valence-corrected chi connectivity index (χ1v) is 8.25. The zero-order chi connectivity index (χ0) is 18.9. The van der Waals surface area contributed by atoms with Gasteiger partial charge in [-0.3, -0.25) is 19.9 Å². The lowest BCUT2D eigenvalue weighted by molar-refractivity contribution is -0.119. The normalized spacial score (nSPS) is 9.92. The molecule has 10 heteroatoms. The van der Waals surface area contributed by atoms with E-state index >= 15 is 0 Å². The van der Waals surface area contributed by atoms with Crippen LogP contribution in [0.25, 0.3) is 10.2 Å². The largest absolute Gasteiger partial charge is 0.375 e. The van der Waals surface area contributed by atoms with Crippen LogP contribution in [0.5, 0.6) is 11.5 Å². The van der Waals surface area contributed by atoms with Crippen LogP contribution < -0.4 is 15.1 Å². The maximum atomic E-state index is 12.8. The third kappa shape index (κ3) is 5.41. The molecule has 0 unspecified atom stereocenters. The Balaban J connectivity index is 0.00000117. The maximum absolute atomic E-state index is 12.8. The first-order valence-electron chi connectivity index (χ1n) is 7.10. The average Bonchev–Trinajstić information content (AvgIpc) is 3.04. The van der Waals surface area contributed by atoms with Crippen molar-refractivity contribution in [3.05, 3.63) is 48.3 Å². The lowest BCUT2D eigenvalue weighted by Crippen LogP contribution is -2.16. The van der Waals surface area contributed by atoms with Crippen LogP contribution in [0.2, 0.25) is 0 Å². The predicted molar refractivity (Wildman–Crippen MR) is 95.9 cm³/mol. The molecular formula is C16H13FN2O5S2. The van der Waals surface area contributed by atoms with E-state index in [1.807, 2.05) is 0 Å². The standard InChI is InChI=1S/C16H13FN2O4S.OS/c1-21-9-15(20)19-16-18-13-7-6-12(8-14(13)24-16)23-22-11-4-2-10(17)3-5-11;1-2/h2-8H,9H2,1H3,(H,18,19,20);. The van der Waals surface area contributed by atoms with E-state index < -0.39 is 0 Å². The highest BCUT2D eigenvalue weighted by atomic mass is 32.1. The number of rotatable bonds is 6. The Labute approximate surface area is 157 Å². The summed E-state index contributed by atoms with van der Waals surface area (Å²) in [5.41, 5.74) is 0.724. The van der Waals surface area contributed by atoms with Crippen molar-refractivity contribution in [1.29, 1.82) is 0 Å². The molecular weight excluding hydrogens is 383 g/mol. The van der Waals surface area contributed by atoms with Gasteiger partial charge in [0.25, 0.3) is 5.91 Å². The number of nitrogens with zero attached hydrogens (tertiary/aromatic N) is 1.